The number of rotatable bonds is 4. The van der Waals surface area contributed by atoms with Gasteiger partial charge in [0.05, 0.1) is 12.7 Å². The number of aliphatic hydroxyl groups excluding tert-OH is 1. The van der Waals surface area contributed by atoms with Crippen molar-refractivity contribution in [3.8, 4) is 5.75 Å². The second-order valence-electron chi connectivity index (χ2n) is 6.35. The quantitative estimate of drug-likeness (QED) is 0.916. The van der Waals surface area contributed by atoms with Crippen molar-refractivity contribution < 1.29 is 9.84 Å². The Morgan fingerprint density at radius 3 is 2.67 bits per heavy atom. The van der Waals surface area contributed by atoms with E-state index in [1.54, 1.807) is 0 Å². The molecule has 3 rings (SSSR count). The van der Waals surface area contributed by atoms with Gasteiger partial charge in [-0.2, -0.15) is 0 Å². The number of nitrogens with zero attached hydrogens (tertiary/aromatic N) is 2. The summed E-state index contributed by atoms with van der Waals surface area (Å²) < 4.78 is 5.49. The van der Waals surface area contributed by atoms with Crippen LogP contribution in [-0.2, 0) is 6.54 Å². The lowest BCUT2D eigenvalue weighted by atomic mass is 10.1. The van der Waals surface area contributed by atoms with Gasteiger partial charge in [0.25, 0.3) is 0 Å². The van der Waals surface area contributed by atoms with Crippen LogP contribution in [0.5, 0.6) is 5.75 Å². The van der Waals surface area contributed by atoms with E-state index < -0.39 is 0 Å². The smallest absolute Gasteiger partial charge is 0.119 e. The van der Waals surface area contributed by atoms with Crippen LogP contribution in [0.1, 0.15) is 25.8 Å². The lowest BCUT2D eigenvalue weighted by Gasteiger charge is -2.42. The predicted octanol–water partition coefficient (Wildman–Crippen LogP) is 1.72. The highest BCUT2D eigenvalue weighted by Crippen LogP contribution is 2.26. The highest BCUT2D eigenvalue weighted by atomic mass is 16.5. The average Bonchev–Trinajstić information content (AvgIpc) is 2.81. The fourth-order valence-corrected chi connectivity index (χ4v) is 3.59. The Morgan fingerprint density at radius 2 is 1.95 bits per heavy atom. The third kappa shape index (κ3) is 3.39. The molecule has 0 spiro atoms. The standard InChI is InChI=1S/C17H26N2O2/c1-3-21-17-6-4-14(5-7-17)10-18-11-15-8-16(20)12-19(15)9-13(18)2/h4-7,13,15-16,20H,3,8-12H2,1-2H3/t13-,15?,16-/m1/s1. The summed E-state index contributed by atoms with van der Waals surface area (Å²) in [6.07, 6.45) is 0.791. The van der Waals surface area contributed by atoms with E-state index in [1.165, 1.54) is 5.56 Å². The molecule has 1 aromatic carbocycles. The summed E-state index contributed by atoms with van der Waals surface area (Å²) in [5, 5.41) is 9.83. The van der Waals surface area contributed by atoms with Crippen molar-refractivity contribution in [1.29, 1.82) is 0 Å². The van der Waals surface area contributed by atoms with Gasteiger partial charge < -0.3 is 9.84 Å². The molecule has 2 saturated heterocycles. The summed E-state index contributed by atoms with van der Waals surface area (Å²) >= 11 is 0. The SMILES string of the molecule is CCOc1ccc(CN2CC3C[C@@H](O)CN3C[C@H]2C)cc1. The molecule has 0 aliphatic carbocycles. The van der Waals surface area contributed by atoms with Crippen molar-refractivity contribution in [2.24, 2.45) is 0 Å². The third-order valence-electron chi connectivity index (χ3n) is 4.69. The van der Waals surface area contributed by atoms with Crippen LogP contribution in [0.15, 0.2) is 24.3 Å². The number of aliphatic hydroxyl groups is 1. The molecule has 1 unspecified atom stereocenters. The summed E-state index contributed by atoms with van der Waals surface area (Å²) in [6.45, 7) is 8.97. The number of piperazine rings is 1. The first-order valence-electron chi connectivity index (χ1n) is 8.03. The Balaban J connectivity index is 1.61. The highest BCUT2D eigenvalue weighted by molar-refractivity contribution is 5.27. The van der Waals surface area contributed by atoms with Gasteiger partial charge in [-0.25, -0.2) is 0 Å². The normalized spacial score (nSPS) is 30.3. The molecule has 0 aromatic heterocycles. The van der Waals surface area contributed by atoms with Gasteiger partial charge in [0.1, 0.15) is 5.75 Å². The van der Waals surface area contributed by atoms with Crippen molar-refractivity contribution >= 4 is 0 Å². The van der Waals surface area contributed by atoms with Crippen LogP contribution in [-0.4, -0.2) is 59.3 Å². The second-order valence-corrected chi connectivity index (χ2v) is 6.35. The van der Waals surface area contributed by atoms with Gasteiger partial charge >= 0.3 is 0 Å². The molecule has 2 heterocycles. The van der Waals surface area contributed by atoms with Crippen LogP contribution in [0.2, 0.25) is 0 Å². The van der Waals surface area contributed by atoms with Crippen molar-refractivity contribution in [3.05, 3.63) is 29.8 Å². The maximum atomic E-state index is 9.83. The maximum absolute atomic E-state index is 9.83. The van der Waals surface area contributed by atoms with E-state index in [9.17, 15) is 5.11 Å². The minimum Gasteiger partial charge on any atom is -0.494 e. The monoisotopic (exact) mass is 290 g/mol. The van der Waals surface area contributed by atoms with Gasteiger partial charge in [-0.1, -0.05) is 12.1 Å². The highest BCUT2D eigenvalue weighted by Gasteiger charge is 2.37. The first-order valence-corrected chi connectivity index (χ1v) is 8.03. The Kier molecular flexibility index (Phi) is 4.48. The van der Waals surface area contributed by atoms with Crippen LogP contribution in [0.3, 0.4) is 0 Å². The molecule has 21 heavy (non-hydrogen) atoms. The Morgan fingerprint density at radius 1 is 1.19 bits per heavy atom. The minimum absolute atomic E-state index is 0.132. The molecule has 1 N–H and O–H groups in total. The molecule has 0 amide bonds. The van der Waals surface area contributed by atoms with E-state index in [0.717, 1.165) is 38.3 Å². The lowest BCUT2D eigenvalue weighted by molar-refractivity contribution is 0.0528. The summed E-state index contributed by atoms with van der Waals surface area (Å²) in [4.78, 5) is 4.99. The maximum Gasteiger partial charge on any atom is 0.119 e. The van der Waals surface area contributed by atoms with Crippen molar-refractivity contribution in [1.82, 2.24) is 9.80 Å². The number of hydrogen-bond acceptors (Lipinski definition) is 4. The molecule has 0 bridgehead atoms. The van der Waals surface area contributed by atoms with Gasteiger partial charge in [0.15, 0.2) is 0 Å². The molecule has 2 fully saturated rings. The molecular formula is C17H26N2O2. The van der Waals surface area contributed by atoms with Gasteiger partial charge in [-0.15, -0.1) is 0 Å². The van der Waals surface area contributed by atoms with Crippen LogP contribution < -0.4 is 4.74 Å². The number of fused-ring (bicyclic) bond motifs is 1. The first-order chi connectivity index (χ1) is 10.2. The minimum atomic E-state index is -0.132. The van der Waals surface area contributed by atoms with Gasteiger partial charge in [0, 0.05) is 38.3 Å². The summed E-state index contributed by atoms with van der Waals surface area (Å²) in [5.74, 6) is 0.943. The van der Waals surface area contributed by atoms with E-state index in [-0.39, 0.29) is 6.10 Å². The van der Waals surface area contributed by atoms with Crippen molar-refractivity contribution in [3.63, 3.8) is 0 Å². The van der Waals surface area contributed by atoms with E-state index in [0.29, 0.717) is 18.7 Å². The second kappa shape index (κ2) is 6.34. The summed E-state index contributed by atoms with van der Waals surface area (Å²) in [5.41, 5.74) is 1.33. The topological polar surface area (TPSA) is 35.9 Å². The van der Waals surface area contributed by atoms with Gasteiger partial charge in [-0.3, -0.25) is 9.80 Å². The predicted molar refractivity (Wildman–Crippen MR) is 83.5 cm³/mol. The lowest BCUT2D eigenvalue weighted by Crippen LogP contribution is -2.54. The molecule has 0 radical (unpaired) electrons. The van der Waals surface area contributed by atoms with E-state index in [1.807, 2.05) is 6.92 Å². The largest absolute Gasteiger partial charge is 0.494 e. The fourth-order valence-electron chi connectivity index (χ4n) is 3.59. The fraction of sp³-hybridized carbons (Fsp3) is 0.647. The zero-order valence-electron chi connectivity index (χ0n) is 13.0. The zero-order valence-corrected chi connectivity index (χ0v) is 13.0. The van der Waals surface area contributed by atoms with Crippen LogP contribution >= 0.6 is 0 Å². The third-order valence-corrected chi connectivity index (χ3v) is 4.69. The van der Waals surface area contributed by atoms with E-state index in [2.05, 4.69) is 41.0 Å². The van der Waals surface area contributed by atoms with Crippen molar-refractivity contribution in [2.45, 2.75) is 45.0 Å². The van der Waals surface area contributed by atoms with Crippen LogP contribution in [0.25, 0.3) is 0 Å². The van der Waals surface area contributed by atoms with Crippen LogP contribution in [0.4, 0.5) is 0 Å². The number of hydrogen-bond donors (Lipinski definition) is 1. The van der Waals surface area contributed by atoms with E-state index in [4.69, 9.17) is 4.74 Å². The zero-order chi connectivity index (χ0) is 14.8. The number of benzene rings is 1. The number of ether oxygens (including phenoxy) is 1. The Labute approximate surface area is 127 Å². The first kappa shape index (κ1) is 14.8. The molecule has 116 valence electrons. The molecule has 3 atom stereocenters. The van der Waals surface area contributed by atoms with Crippen LogP contribution in [0, 0.1) is 0 Å². The molecule has 4 nitrogen and oxygen atoms in total. The van der Waals surface area contributed by atoms with Gasteiger partial charge in [-0.05, 0) is 38.0 Å². The average molecular weight is 290 g/mol. The van der Waals surface area contributed by atoms with Gasteiger partial charge in [0.2, 0.25) is 0 Å². The summed E-state index contributed by atoms with van der Waals surface area (Å²) in [6, 6.07) is 9.50. The molecule has 1 aromatic rings. The molecule has 4 heteroatoms. The molecule has 2 aliphatic rings. The van der Waals surface area contributed by atoms with E-state index >= 15 is 0 Å². The molecule has 2 aliphatic heterocycles. The molecular weight excluding hydrogens is 264 g/mol. The van der Waals surface area contributed by atoms with Crippen molar-refractivity contribution in [2.75, 3.05) is 26.2 Å². The molecule has 0 saturated carbocycles. The summed E-state index contributed by atoms with van der Waals surface area (Å²) in [7, 11) is 0. The Bertz CT molecular complexity index is 462. The Hall–Kier alpha value is -1.10.